The molecule has 0 N–H and O–H groups in total. The molecule has 0 aromatic carbocycles. The Morgan fingerprint density at radius 3 is 0.731 bits per heavy atom. The molecule has 1 atom stereocenters. The SMILES string of the molecule is CCCCCCCCCCCCCCCCCC(=O)OC[C@@H](COC(=O)CCCCCCCCCCCCC(C)C)OC(=O)CCCCCCCCCCCCCCCCCCCCC(C)C. The van der Waals surface area contributed by atoms with Crippen molar-refractivity contribution in [1.29, 1.82) is 0 Å². The van der Waals surface area contributed by atoms with Crippen LogP contribution in [-0.4, -0.2) is 37.2 Å². The van der Waals surface area contributed by atoms with Gasteiger partial charge >= 0.3 is 17.9 Å². The van der Waals surface area contributed by atoms with E-state index in [1.807, 2.05) is 0 Å². The molecule has 0 spiro atoms. The van der Waals surface area contributed by atoms with Gasteiger partial charge in [0.15, 0.2) is 6.10 Å². The minimum atomic E-state index is -0.763. The van der Waals surface area contributed by atoms with Crippen molar-refractivity contribution >= 4 is 17.9 Å². The fraction of sp³-hybridized carbons (Fsp3) is 0.951. The second-order valence-corrected chi connectivity index (χ2v) is 21.9. The zero-order valence-electron chi connectivity index (χ0n) is 46.0. The summed E-state index contributed by atoms with van der Waals surface area (Å²) < 4.78 is 16.9. The summed E-state index contributed by atoms with van der Waals surface area (Å²) in [6, 6.07) is 0. The summed E-state index contributed by atoms with van der Waals surface area (Å²) in [5.41, 5.74) is 0. The number of hydrogen-bond donors (Lipinski definition) is 0. The van der Waals surface area contributed by atoms with Crippen molar-refractivity contribution < 1.29 is 28.6 Å². The van der Waals surface area contributed by atoms with E-state index in [0.717, 1.165) is 69.6 Å². The maximum Gasteiger partial charge on any atom is 0.306 e. The molecule has 0 aromatic rings. The molecule has 67 heavy (non-hydrogen) atoms. The summed E-state index contributed by atoms with van der Waals surface area (Å²) in [4.78, 5) is 38.2. The second kappa shape index (κ2) is 53.8. The Morgan fingerprint density at radius 2 is 0.493 bits per heavy atom. The molecule has 0 bridgehead atoms. The monoisotopic (exact) mass is 947 g/mol. The van der Waals surface area contributed by atoms with Gasteiger partial charge in [-0.3, -0.25) is 14.4 Å². The van der Waals surface area contributed by atoms with E-state index in [1.165, 1.54) is 231 Å². The number of esters is 3. The molecule has 0 fully saturated rings. The maximum absolute atomic E-state index is 12.9. The van der Waals surface area contributed by atoms with Crippen LogP contribution in [0, 0.1) is 11.8 Å². The smallest absolute Gasteiger partial charge is 0.306 e. The van der Waals surface area contributed by atoms with Gasteiger partial charge in [-0.15, -0.1) is 0 Å². The van der Waals surface area contributed by atoms with Gasteiger partial charge in [-0.2, -0.15) is 0 Å². The fourth-order valence-corrected chi connectivity index (χ4v) is 9.40. The second-order valence-electron chi connectivity index (χ2n) is 21.9. The number of hydrogen-bond acceptors (Lipinski definition) is 6. The molecule has 0 aliphatic heterocycles. The Balaban J connectivity index is 4.26. The summed E-state index contributed by atoms with van der Waals surface area (Å²) in [6.07, 6.45) is 58.1. The van der Waals surface area contributed by atoms with Gasteiger partial charge in [0.05, 0.1) is 0 Å². The minimum absolute atomic E-state index is 0.0624. The van der Waals surface area contributed by atoms with Crippen LogP contribution in [0.15, 0.2) is 0 Å². The molecule has 0 saturated heterocycles. The zero-order valence-corrected chi connectivity index (χ0v) is 46.0. The van der Waals surface area contributed by atoms with Gasteiger partial charge in [-0.25, -0.2) is 0 Å². The fourth-order valence-electron chi connectivity index (χ4n) is 9.40. The molecule has 0 aromatic heterocycles. The first kappa shape index (κ1) is 65.4. The minimum Gasteiger partial charge on any atom is -0.462 e. The van der Waals surface area contributed by atoms with E-state index in [4.69, 9.17) is 14.2 Å². The average molecular weight is 948 g/mol. The topological polar surface area (TPSA) is 78.9 Å². The Bertz CT molecular complexity index is 1020. The Kier molecular flexibility index (Phi) is 52.5. The molecule has 398 valence electrons. The third-order valence-electron chi connectivity index (χ3n) is 14.0. The predicted molar refractivity (Wildman–Crippen MR) is 289 cm³/mol. The summed E-state index contributed by atoms with van der Waals surface area (Å²) in [5.74, 6) is 0.840. The first-order valence-corrected chi connectivity index (χ1v) is 30.2. The normalized spacial score (nSPS) is 12.0. The lowest BCUT2D eigenvalue weighted by molar-refractivity contribution is -0.167. The molecule has 6 nitrogen and oxygen atoms in total. The first-order valence-electron chi connectivity index (χ1n) is 30.2. The lowest BCUT2D eigenvalue weighted by Crippen LogP contribution is -2.30. The number of ether oxygens (including phenoxy) is 3. The van der Waals surface area contributed by atoms with E-state index in [2.05, 4.69) is 34.6 Å². The van der Waals surface area contributed by atoms with Gasteiger partial charge < -0.3 is 14.2 Å². The number of rotatable bonds is 55. The van der Waals surface area contributed by atoms with Crippen LogP contribution in [0.1, 0.15) is 343 Å². The van der Waals surface area contributed by atoms with E-state index < -0.39 is 6.10 Å². The number of carbonyl (C=O) groups is 3. The van der Waals surface area contributed by atoms with Crippen molar-refractivity contribution in [2.45, 2.75) is 349 Å². The van der Waals surface area contributed by atoms with Crippen LogP contribution in [0.25, 0.3) is 0 Å². The van der Waals surface area contributed by atoms with Crippen molar-refractivity contribution in [3.8, 4) is 0 Å². The molecule has 0 rings (SSSR count). The molecule has 0 radical (unpaired) electrons. The zero-order chi connectivity index (χ0) is 48.9. The molecule has 0 saturated carbocycles. The van der Waals surface area contributed by atoms with Gasteiger partial charge in [0, 0.05) is 19.3 Å². The van der Waals surface area contributed by atoms with Gasteiger partial charge in [-0.1, -0.05) is 304 Å². The van der Waals surface area contributed by atoms with Crippen LogP contribution < -0.4 is 0 Å². The van der Waals surface area contributed by atoms with Crippen molar-refractivity contribution in [2.24, 2.45) is 11.8 Å². The maximum atomic E-state index is 12.9. The summed E-state index contributed by atoms with van der Waals surface area (Å²) in [5, 5.41) is 0. The van der Waals surface area contributed by atoms with Gasteiger partial charge in [-0.05, 0) is 31.1 Å². The lowest BCUT2D eigenvalue weighted by Gasteiger charge is -2.18. The highest BCUT2D eigenvalue weighted by Crippen LogP contribution is 2.18. The quantitative estimate of drug-likeness (QED) is 0.0343. The van der Waals surface area contributed by atoms with E-state index in [9.17, 15) is 14.4 Å². The van der Waals surface area contributed by atoms with E-state index in [1.54, 1.807) is 0 Å². The lowest BCUT2D eigenvalue weighted by atomic mass is 10.0. The summed E-state index contributed by atoms with van der Waals surface area (Å²) >= 11 is 0. The molecule has 6 heteroatoms. The van der Waals surface area contributed by atoms with Crippen LogP contribution in [0.5, 0.6) is 0 Å². The van der Waals surface area contributed by atoms with E-state index in [0.29, 0.717) is 19.3 Å². The average Bonchev–Trinajstić information content (AvgIpc) is 3.30. The Morgan fingerprint density at radius 1 is 0.284 bits per heavy atom. The van der Waals surface area contributed by atoms with E-state index >= 15 is 0 Å². The van der Waals surface area contributed by atoms with Gasteiger partial charge in [0.2, 0.25) is 0 Å². The van der Waals surface area contributed by atoms with Crippen LogP contribution in [0.2, 0.25) is 0 Å². The van der Waals surface area contributed by atoms with Crippen molar-refractivity contribution in [3.63, 3.8) is 0 Å². The Hall–Kier alpha value is -1.59. The standard InChI is InChI=1S/C61H118O6/c1-6-7-8-9-10-11-12-13-18-22-25-31-36-41-46-51-59(62)65-54-58(55-66-60(63)52-47-42-37-32-28-27-30-35-40-45-50-57(4)5)67-61(64)53-48-43-38-33-26-23-20-17-15-14-16-19-21-24-29-34-39-44-49-56(2)3/h56-58H,6-55H2,1-5H3/t58-/m0/s1. The third-order valence-corrected chi connectivity index (χ3v) is 14.0. The van der Waals surface area contributed by atoms with Crippen molar-refractivity contribution in [3.05, 3.63) is 0 Å². The highest BCUT2D eigenvalue weighted by molar-refractivity contribution is 5.71. The number of carbonyl (C=O) groups excluding carboxylic acids is 3. The summed E-state index contributed by atoms with van der Waals surface area (Å²) in [6.45, 7) is 11.4. The molecule has 0 heterocycles. The predicted octanol–water partition coefficient (Wildman–Crippen LogP) is 20.0. The van der Waals surface area contributed by atoms with Gasteiger partial charge in [0.1, 0.15) is 13.2 Å². The highest BCUT2D eigenvalue weighted by atomic mass is 16.6. The van der Waals surface area contributed by atoms with Crippen LogP contribution >= 0.6 is 0 Å². The van der Waals surface area contributed by atoms with Crippen LogP contribution in [0.3, 0.4) is 0 Å². The molecule has 0 aliphatic carbocycles. The summed E-state index contributed by atoms with van der Waals surface area (Å²) in [7, 11) is 0. The van der Waals surface area contributed by atoms with Crippen molar-refractivity contribution in [2.75, 3.05) is 13.2 Å². The Labute approximate surface area is 418 Å². The third kappa shape index (κ3) is 55.2. The van der Waals surface area contributed by atoms with Gasteiger partial charge in [0.25, 0.3) is 0 Å². The van der Waals surface area contributed by atoms with E-state index in [-0.39, 0.29) is 31.1 Å². The highest BCUT2D eigenvalue weighted by Gasteiger charge is 2.19. The molecular weight excluding hydrogens is 829 g/mol. The van der Waals surface area contributed by atoms with Crippen LogP contribution in [0.4, 0.5) is 0 Å². The molecule has 0 aliphatic rings. The molecule has 0 amide bonds. The molecule has 0 unspecified atom stereocenters. The number of unbranched alkanes of at least 4 members (excludes halogenated alkanes) is 40. The largest absolute Gasteiger partial charge is 0.462 e. The molecular formula is C61H118O6. The van der Waals surface area contributed by atoms with Crippen molar-refractivity contribution in [1.82, 2.24) is 0 Å². The van der Waals surface area contributed by atoms with Crippen LogP contribution in [-0.2, 0) is 28.6 Å². The first-order chi connectivity index (χ1) is 32.7.